The van der Waals surface area contributed by atoms with E-state index in [1.165, 1.54) is 6.07 Å². The van der Waals surface area contributed by atoms with Gasteiger partial charge >= 0.3 is 0 Å². The molecule has 1 aromatic rings. The lowest BCUT2D eigenvalue weighted by Crippen LogP contribution is -1.96. The van der Waals surface area contributed by atoms with Gasteiger partial charge in [0.05, 0.1) is 4.92 Å². The van der Waals surface area contributed by atoms with Crippen LogP contribution in [-0.2, 0) is 0 Å². The molecule has 0 unspecified atom stereocenters. The van der Waals surface area contributed by atoms with Crippen LogP contribution in [0, 0.1) is 17.0 Å². The molecule has 94 valence electrons. The topological polar surface area (TPSA) is 118 Å². The van der Waals surface area contributed by atoms with Crippen molar-refractivity contribution in [2.75, 3.05) is 12.3 Å². The molecule has 0 bridgehead atoms. The number of nitro benzene ring substituents is 1. The monoisotopic (exact) mass is 247 g/mol. The van der Waals surface area contributed by atoms with Crippen LogP contribution in [0.15, 0.2) is 23.3 Å². The molecule has 2 N–H and O–H groups in total. The van der Waals surface area contributed by atoms with Crippen molar-refractivity contribution in [3.63, 3.8) is 0 Å². The summed E-state index contributed by atoms with van der Waals surface area (Å²) in [6.07, 6.45) is 4.17. The third-order valence-electron chi connectivity index (χ3n) is 2.35. The second-order valence-corrected chi connectivity index (χ2v) is 3.67. The Kier molecular flexibility index (Phi) is 4.71. The number of anilines is 1. The molecule has 1 aromatic carbocycles. The molecule has 0 heterocycles. The minimum atomic E-state index is -0.458. The summed E-state index contributed by atoms with van der Waals surface area (Å²) in [5.41, 5.74) is 15.5. The first-order valence-electron chi connectivity index (χ1n) is 5.28. The molecule has 0 amide bonds. The number of aryl methyl sites for hydroxylation is 1. The lowest BCUT2D eigenvalue weighted by Gasteiger charge is -2.03. The van der Waals surface area contributed by atoms with E-state index in [-0.39, 0.29) is 5.69 Å². The van der Waals surface area contributed by atoms with E-state index in [4.69, 9.17) is 11.3 Å². The molecule has 0 fully saturated rings. The van der Waals surface area contributed by atoms with Crippen LogP contribution in [-0.4, -0.2) is 11.5 Å². The van der Waals surface area contributed by atoms with E-state index in [0.717, 1.165) is 5.56 Å². The molecule has 0 aliphatic carbocycles. The number of benzene rings is 1. The van der Waals surface area contributed by atoms with E-state index in [0.29, 0.717) is 24.2 Å². The molecular formula is C11H13N5O2. The van der Waals surface area contributed by atoms with E-state index >= 15 is 0 Å². The average molecular weight is 247 g/mol. The smallest absolute Gasteiger partial charge is 0.274 e. The zero-order valence-electron chi connectivity index (χ0n) is 9.91. The Balaban J connectivity index is 2.87. The molecule has 0 aromatic heterocycles. The van der Waals surface area contributed by atoms with Gasteiger partial charge in [-0.05, 0) is 30.5 Å². The van der Waals surface area contributed by atoms with Crippen molar-refractivity contribution in [3.05, 3.63) is 49.9 Å². The highest BCUT2D eigenvalue weighted by atomic mass is 16.6. The Morgan fingerprint density at radius 1 is 1.61 bits per heavy atom. The van der Waals surface area contributed by atoms with Crippen molar-refractivity contribution in [2.24, 2.45) is 5.11 Å². The third kappa shape index (κ3) is 3.50. The summed E-state index contributed by atoms with van der Waals surface area (Å²) in [6.45, 7) is 2.04. The summed E-state index contributed by atoms with van der Waals surface area (Å²) >= 11 is 0. The Bertz CT molecular complexity index is 532. The minimum absolute atomic E-state index is 0.0127. The summed E-state index contributed by atoms with van der Waals surface area (Å²) in [5, 5.41) is 14.1. The third-order valence-corrected chi connectivity index (χ3v) is 2.35. The van der Waals surface area contributed by atoms with Gasteiger partial charge in [-0.15, -0.1) is 0 Å². The van der Waals surface area contributed by atoms with Crippen LogP contribution in [0.1, 0.15) is 17.5 Å². The molecular weight excluding hydrogens is 234 g/mol. The van der Waals surface area contributed by atoms with Crippen LogP contribution in [0.4, 0.5) is 11.4 Å². The van der Waals surface area contributed by atoms with Crippen molar-refractivity contribution in [3.8, 4) is 0 Å². The van der Waals surface area contributed by atoms with Crippen molar-refractivity contribution < 1.29 is 4.92 Å². The molecule has 0 radical (unpaired) electrons. The highest BCUT2D eigenvalue weighted by Gasteiger charge is 2.12. The Labute approximate surface area is 104 Å². The number of azide groups is 1. The quantitative estimate of drug-likeness (QED) is 0.164. The summed E-state index contributed by atoms with van der Waals surface area (Å²) in [5.74, 6) is 0. The maximum atomic E-state index is 10.7. The molecule has 7 heteroatoms. The van der Waals surface area contributed by atoms with Crippen LogP contribution in [0.2, 0.25) is 0 Å². The van der Waals surface area contributed by atoms with Gasteiger partial charge in [0.2, 0.25) is 0 Å². The van der Waals surface area contributed by atoms with Crippen LogP contribution < -0.4 is 5.73 Å². The fourth-order valence-electron chi connectivity index (χ4n) is 1.46. The first-order chi connectivity index (χ1) is 8.56. The number of nitro groups is 1. The molecule has 7 nitrogen and oxygen atoms in total. The molecule has 0 atom stereocenters. The van der Waals surface area contributed by atoms with Gasteiger partial charge in [-0.25, -0.2) is 0 Å². The molecule has 0 spiro atoms. The van der Waals surface area contributed by atoms with Crippen LogP contribution in [0.25, 0.3) is 16.5 Å². The molecule has 0 saturated heterocycles. The highest BCUT2D eigenvalue weighted by molar-refractivity contribution is 5.69. The standard InChI is InChI=1S/C11H13N5O2/c1-8-6-9(4-2-3-5-14-15-13)10(12)7-11(8)16(17)18/h2,4,6-7H,3,5,12H2,1H3. The zero-order valence-corrected chi connectivity index (χ0v) is 9.91. The Hall–Kier alpha value is -2.53. The SMILES string of the molecule is Cc1cc(C=CCCN=[N+]=[N-])c(N)cc1[N+](=O)[O-]. The minimum Gasteiger partial charge on any atom is -0.398 e. The molecule has 0 aliphatic heterocycles. The second kappa shape index (κ2) is 6.27. The predicted molar refractivity (Wildman–Crippen MR) is 69.9 cm³/mol. The van der Waals surface area contributed by atoms with Crippen LogP contribution >= 0.6 is 0 Å². The number of rotatable bonds is 5. The van der Waals surface area contributed by atoms with Crippen LogP contribution in [0.3, 0.4) is 0 Å². The zero-order chi connectivity index (χ0) is 13.5. The van der Waals surface area contributed by atoms with E-state index < -0.39 is 4.92 Å². The Morgan fingerprint density at radius 3 is 2.94 bits per heavy atom. The van der Waals surface area contributed by atoms with Gasteiger partial charge in [-0.3, -0.25) is 10.1 Å². The van der Waals surface area contributed by atoms with E-state index in [9.17, 15) is 10.1 Å². The van der Waals surface area contributed by atoms with Crippen LogP contribution in [0.5, 0.6) is 0 Å². The van der Waals surface area contributed by atoms with E-state index in [1.54, 1.807) is 19.1 Å². The summed E-state index contributed by atoms with van der Waals surface area (Å²) < 4.78 is 0. The fraction of sp³-hybridized carbons (Fsp3) is 0.273. The van der Waals surface area contributed by atoms with Gasteiger partial charge in [0, 0.05) is 28.8 Å². The summed E-state index contributed by atoms with van der Waals surface area (Å²) in [7, 11) is 0. The van der Waals surface area contributed by atoms with Gasteiger partial charge in [0.15, 0.2) is 0 Å². The fourth-order valence-corrected chi connectivity index (χ4v) is 1.46. The first kappa shape index (κ1) is 13.5. The predicted octanol–water partition coefficient (Wildman–Crippen LogP) is 3.20. The van der Waals surface area contributed by atoms with Crippen molar-refractivity contribution in [2.45, 2.75) is 13.3 Å². The lowest BCUT2D eigenvalue weighted by molar-refractivity contribution is -0.385. The number of nitrogen functional groups attached to an aromatic ring is 1. The summed E-state index contributed by atoms with van der Waals surface area (Å²) in [6, 6.07) is 3.01. The molecule has 1 rings (SSSR count). The van der Waals surface area contributed by atoms with E-state index in [1.807, 2.05) is 6.08 Å². The van der Waals surface area contributed by atoms with Crippen molar-refractivity contribution >= 4 is 17.5 Å². The molecule has 18 heavy (non-hydrogen) atoms. The van der Waals surface area contributed by atoms with Gasteiger partial charge in [0.1, 0.15) is 0 Å². The number of hydrogen-bond donors (Lipinski definition) is 1. The first-order valence-corrected chi connectivity index (χ1v) is 5.28. The van der Waals surface area contributed by atoms with Gasteiger partial charge in [-0.2, -0.15) is 0 Å². The van der Waals surface area contributed by atoms with Gasteiger partial charge in [0.25, 0.3) is 5.69 Å². The Morgan fingerprint density at radius 2 is 2.33 bits per heavy atom. The van der Waals surface area contributed by atoms with Gasteiger partial charge in [-0.1, -0.05) is 17.3 Å². The average Bonchev–Trinajstić information content (AvgIpc) is 2.32. The number of hydrogen-bond acceptors (Lipinski definition) is 4. The lowest BCUT2D eigenvalue weighted by atomic mass is 10.1. The van der Waals surface area contributed by atoms with Crippen molar-refractivity contribution in [1.29, 1.82) is 0 Å². The van der Waals surface area contributed by atoms with Gasteiger partial charge < -0.3 is 5.73 Å². The number of nitrogens with zero attached hydrogens (tertiary/aromatic N) is 4. The van der Waals surface area contributed by atoms with Crippen molar-refractivity contribution in [1.82, 2.24) is 0 Å². The van der Waals surface area contributed by atoms with E-state index in [2.05, 4.69) is 10.0 Å². The maximum Gasteiger partial charge on any atom is 0.274 e. The normalized spacial score (nSPS) is 10.3. The number of nitrogens with two attached hydrogens (primary N) is 1. The largest absolute Gasteiger partial charge is 0.398 e. The molecule has 0 aliphatic rings. The second-order valence-electron chi connectivity index (χ2n) is 3.67. The molecule has 0 saturated carbocycles. The highest BCUT2D eigenvalue weighted by Crippen LogP contribution is 2.25. The maximum absolute atomic E-state index is 10.7. The summed E-state index contributed by atoms with van der Waals surface area (Å²) in [4.78, 5) is 12.9.